The Bertz CT molecular complexity index is 995. The average Bonchev–Trinajstić information content (AvgIpc) is 2.68. The van der Waals surface area contributed by atoms with E-state index in [9.17, 15) is 9.46 Å². The fraction of sp³-hybridized carbons (Fsp3) is 0.250. The first kappa shape index (κ1) is 21.2. The highest BCUT2D eigenvalue weighted by Crippen LogP contribution is 2.44. The summed E-state index contributed by atoms with van der Waals surface area (Å²) in [6.45, 7) is 8.75. The molecule has 0 fully saturated rings. The molecule has 0 aliphatic rings. The number of phosphoric ester groups is 1. The summed E-state index contributed by atoms with van der Waals surface area (Å²) in [4.78, 5) is 10.0. The molecule has 1 N–H and O–H groups in total. The van der Waals surface area contributed by atoms with Crippen molar-refractivity contribution >= 4 is 7.82 Å². The zero-order valence-corrected chi connectivity index (χ0v) is 18.1. The quantitative estimate of drug-likeness (QED) is 0.420. The zero-order valence-electron chi connectivity index (χ0n) is 17.2. The van der Waals surface area contributed by atoms with Gasteiger partial charge in [0.1, 0.15) is 11.5 Å². The molecule has 0 amide bonds. The van der Waals surface area contributed by atoms with Crippen LogP contribution in [0.1, 0.15) is 50.7 Å². The van der Waals surface area contributed by atoms with Gasteiger partial charge in [0.05, 0.1) is 0 Å². The molecular weight excluding hydrogens is 383 g/mol. The first-order valence-electron chi connectivity index (χ1n) is 9.76. The van der Waals surface area contributed by atoms with Gasteiger partial charge in [-0.3, -0.25) is 4.89 Å². The Morgan fingerprint density at radius 2 is 1.34 bits per heavy atom. The van der Waals surface area contributed by atoms with Gasteiger partial charge < -0.3 is 9.05 Å². The van der Waals surface area contributed by atoms with Crippen molar-refractivity contribution in [2.45, 2.75) is 39.5 Å². The molecule has 0 bridgehead atoms. The summed E-state index contributed by atoms with van der Waals surface area (Å²) >= 11 is 0. The second kappa shape index (κ2) is 8.86. The normalized spacial score (nSPS) is 13.3. The molecule has 29 heavy (non-hydrogen) atoms. The predicted octanol–water partition coefficient (Wildman–Crippen LogP) is 7.16. The Labute approximate surface area is 172 Å². The second-order valence-corrected chi connectivity index (χ2v) is 8.95. The van der Waals surface area contributed by atoms with E-state index in [0.717, 1.165) is 11.1 Å². The van der Waals surface area contributed by atoms with Crippen LogP contribution in [0.15, 0.2) is 72.8 Å². The van der Waals surface area contributed by atoms with E-state index < -0.39 is 7.82 Å². The second-order valence-electron chi connectivity index (χ2n) is 7.64. The van der Waals surface area contributed by atoms with Gasteiger partial charge in [-0.15, -0.1) is 0 Å². The smallest absolute Gasteiger partial charge is 0.395 e. The van der Waals surface area contributed by atoms with E-state index in [1.807, 2.05) is 12.1 Å². The van der Waals surface area contributed by atoms with Gasteiger partial charge in [-0.2, -0.15) is 0 Å². The molecule has 152 valence electrons. The topological polar surface area (TPSA) is 55.8 Å². The fourth-order valence-electron chi connectivity index (χ4n) is 3.14. The minimum absolute atomic E-state index is 0.278. The lowest BCUT2D eigenvalue weighted by Crippen LogP contribution is -2.00. The zero-order chi connectivity index (χ0) is 21.0. The summed E-state index contributed by atoms with van der Waals surface area (Å²) in [6, 6.07) is 22.2. The van der Waals surface area contributed by atoms with Gasteiger partial charge in [0.25, 0.3) is 0 Å². The summed E-state index contributed by atoms with van der Waals surface area (Å²) in [5.74, 6) is 1.42. The largest absolute Gasteiger partial charge is 0.584 e. The fourth-order valence-corrected chi connectivity index (χ4v) is 3.96. The SMILES string of the molecule is CC(C)c1ccc(-c2ccc(OP(=O)(O)Oc3ccccc3)cc2)c(C(C)C)c1. The van der Waals surface area contributed by atoms with Crippen molar-refractivity contribution in [1.82, 2.24) is 0 Å². The third-order valence-corrected chi connectivity index (χ3v) is 5.60. The Balaban J connectivity index is 1.81. The van der Waals surface area contributed by atoms with Crippen LogP contribution in [0.4, 0.5) is 0 Å². The maximum atomic E-state index is 12.3. The minimum Gasteiger partial charge on any atom is -0.395 e. The molecule has 1 atom stereocenters. The van der Waals surface area contributed by atoms with Crippen LogP contribution < -0.4 is 9.05 Å². The van der Waals surface area contributed by atoms with Gasteiger partial charge in [0.2, 0.25) is 0 Å². The molecule has 4 nitrogen and oxygen atoms in total. The van der Waals surface area contributed by atoms with Gasteiger partial charge in [-0.05, 0) is 58.4 Å². The molecule has 1 unspecified atom stereocenters. The highest BCUT2D eigenvalue weighted by molar-refractivity contribution is 7.48. The molecular formula is C24H27O4P. The minimum atomic E-state index is -4.27. The summed E-state index contributed by atoms with van der Waals surface area (Å²) < 4.78 is 22.6. The molecule has 0 aliphatic carbocycles. The van der Waals surface area contributed by atoms with Crippen LogP contribution >= 0.6 is 7.82 Å². The molecule has 0 aliphatic heterocycles. The molecule has 3 rings (SSSR count). The third kappa shape index (κ3) is 5.50. The van der Waals surface area contributed by atoms with Gasteiger partial charge in [0.15, 0.2) is 0 Å². The van der Waals surface area contributed by atoms with Crippen molar-refractivity contribution in [3.05, 3.63) is 83.9 Å². The standard InChI is InChI=1S/C24H27O4P/c1-17(2)20-12-15-23(24(16-20)18(3)4)19-10-13-22(14-11-19)28-29(25,26)27-21-8-6-5-7-9-21/h5-18H,1-4H3,(H,25,26). The Morgan fingerprint density at radius 1 is 0.759 bits per heavy atom. The molecule has 5 heteroatoms. The summed E-state index contributed by atoms with van der Waals surface area (Å²) in [5, 5.41) is 0. The molecule has 3 aromatic carbocycles. The highest BCUT2D eigenvalue weighted by atomic mass is 31.2. The van der Waals surface area contributed by atoms with Crippen LogP contribution in [-0.4, -0.2) is 4.89 Å². The molecule has 0 spiro atoms. The van der Waals surface area contributed by atoms with E-state index in [1.165, 1.54) is 11.1 Å². The Hall–Kier alpha value is -2.55. The van der Waals surface area contributed by atoms with Crippen LogP contribution in [-0.2, 0) is 4.57 Å². The van der Waals surface area contributed by atoms with E-state index in [2.05, 4.69) is 45.9 Å². The van der Waals surface area contributed by atoms with Crippen LogP contribution in [0.5, 0.6) is 11.5 Å². The lowest BCUT2D eigenvalue weighted by molar-refractivity contribution is 0.291. The van der Waals surface area contributed by atoms with Crippen molar-refractivity contribution in [2.24, 2.45) is 0 Å². The lowest BCUT2D eigenvalue weighted by atomic mass is 9.88. The van der Waals surface area contributed by atoms with Gasteiger partial charge in [-0.25, -0.2) is 4.57 Å². The predicted molar refractivity (Wildman–Crippen MR) is 118 cm³/mol. The molecule has 0 radical (unpaired) electrons. The van der Waals surface area contributed by atoms with Crippen LogP contribution in [0, 0.1) is 0 Å². The molecule has 0 saturated carbocycles. The van der Waals surface area contributed by atoms with Gasteiger partial charge in [0, 0.05) is 0 Å². The van der Waals surface area contributed by atoms with Gasteiger partial charge in [-0.1, -0.05) is 76.2 Å². The first-order chi connectivity index (χ1) is 13.7. The van der Waals surface area contributed by atoms with E-state index in [-0.39, 0.29) is 11.5 Å². The number of phosphoric acid groups is 1. The Kier molecular flexibility index (Phi) is 6.46. The van der Waals surface area contributed by atoms with E-state index >= 15 is 0 Å². The van der Waals surface area contributed by atoms with E-state index in [0.29, 0.717) is 11.8 Å². The monoisotopic (exact) mass is 410 g/mol. The first-order valence-corrected chi connectivity index (χ1v) is 11.3. The summed E-state index contributed by atoms with van der Waals surface area (Å²) in [5.41, 5.74) is 4.79. The summed E-state index contributed by atoms with van der Waals surface area (Å²) in [6.07, 6.45) is 0. The van der Waals surface area contributed by atoms with Crippen molar-refractivity contribution in [3.63, 3.8) is 0 Å². The highest BCUT2D eigenvalue weighted by Gasteiger charge is 2.25. The number of benzene rings is 3. The van der Waals surface area contributed by atoms with Crippen molar-refractivity contribution < 1.29 is 18.5 Å². The van der Waals surface area contributed by atoms with Crippen molar-refractivity contribution in [2.75, 3.05) is 0 Å². The molecule has 0 heterocycles. The molecule has 0 aromatic heterocycles. The van der Waals surface area contributed by atoms with Gasteiger partial charge >= 0.3 is 7.82 Å². The summed E-state index contributed by atoms with van der Waals surface area (Å²) in [7, 11) is -4.27. The third-order valence-electron chi connectivity index (χ3n) is 4.71. The molecule has 3 aromatic rings. The Morgan fingerprint density at radius 3 is 1.90 bits per heavy atom. The van der Waals surface area contributed by atoms with Crippen molar-refractivity contribution in [1.29, 1.82) is 0 Å². The van der Waals surface area contributed by atoms with Crippen LogP contribution in [0.25, 0.3) is 11.1 Å². The number of hydrogen-bond acceptors (Lipinski definition) is 3. The molecule has 0 saturated heterocycles. The van der Waals surface area contributed by atoms with E-state index in [1.54, 1.807) is 42.5 Å². The van der Waals surface area contributed by atoms with Crippen LogP contribution in [0.2, 0.25) is 0 Å². The average molecular weight is 410 g/mol. The van der Waals surface area contributed by atoms with E-state index in [4.69, 9.17) is 9.05 Å². The maximum Gasteiger partial charge on any atom is 0.584 e. The van der Waals surface area contributed by atoms with Crippen LogP contribution in [0.3, 0.4) is 0 Å². The lowest BCUT2D eigenvalue weighted by Gasteiger charge is -2.17. The van der Waals surface area contributed by atoms with Crippen molar-refractivity contribution in [3.8, 4) is 22.6 Å². The number of hydrogen-bond donors (Lipinski definition) is 1. The number of para-hydroxylation sites is 1. The maximum absolute atomic E-state index is 12.3. The number of rotatable bonds is 7.